The third kappa shape index (κ3) is 4.51. The zero-order valence-electron chi connectivity index (χ0n) is 11.3. The first-order chi connectivity index (χ1) is 8.95. The lowest BCUT2D eigenvalue weighted by atomic mass is 10.2. The predicted molar refractivity (Wildman–Crippen MR) is 73.4 cm³/mol. The maximum absolute atomic E-state index is 11.8. The number of aryl methyl sites for hydroxylation is 1. The first kappa shape index (κ1) is 15.4. The number of carbonyl (C=O) groups excluding carboxylic acids is 1. The molecule has 2 N–H and O–H groups in total. The van der Waals surface area contributed by atoms with Crippen molar-refractivity contribution in [2.75, 3.05) is 13.6 Å². The van der Waals surface area contributed by atoms with Crippen molar-refractivity contribution in [3.8, 4) is 0 Å². The van der Waals surface area contributed by atoms with Crippen LogP contribution in [0.5, 0.6) is 0 Å². The van der Waals surface area contributed by atoms with E-state index in [9.17, 15) is 9.59 Å². The number of hydrogen-bond acceptors (Lipinski definition) is 4. The molecular weight excluding hydrogens is 266 g/mol. The van der Waals surface area contributed by atoms with E-state index >= 15 is 0 Å². The Hall–Kier alpha value is -1.63. The van der Waals surface area contributed by atoms with E-state index in [0.717, 1.165) is 10.7 Å². The average molecular weight is 285 g/mol. The number of nitrogens with one attached hydrogen (secondary N) is 1. The van der Waals surface area contributed by atoms with Crippen LogP contribution in [0, 0.1) is 6.92 Å². The monoisotopic (exact) mass is 285 g/mol. The third-order valence-corrected chi connectivity index (χ3v) is 3.77. The lowest BCUT2D eigenvalue weighted by Crippen LogP contribution is -2.47. The number of nitrogens with zero attached hydrogens (tertiary/aromatic N) is 2. The molecule has 1 atom stereocenters. The van der Waals surface area contributed by atoms with Crippen molar-refractivity contribution in [1.29, 1.82) is 0 Å². The van der Waals surface area contributed by atoms with Gasteiger partial charge < -0.3 is 15.3 Å². The van der Waals surface area contributed by atoms with Gasteiger partial charge in [0.15, 0.2) is 0 Å². The Morgan fingerprint density at radius 1 is 1.58 bits per heavy atom. The quantitative estimate of drug-likeness (QED) is 0.829. The lowest BCUT2D eigenvalue weighted by molar-refractivity contribution is -0.141. The van der Waals surface area contributed by atoms with Crippen LogP contribution in [0.25, 0.3) is 0 Å². The number of thiazole rings is 1. The highest BCUT2D eigenvalue weighted by molar-refractivity contribution is 7.09. The molecule has 1 aromatic rings. The van der Waals surface area contributed by atoms with E-state index < -0.39 is 12.0 Å². The van der Waals surface area contributed by atoms with Crippen LogP contribution in [0.3, 0.4) is 0 Å². The molecule has 1 unspecified atom stereocenters. The van der Waals surface area contributed by atoms with E-state index in [1.54, 1.807) is 18.3 Å². The Morgan fingerprint density at radius 3 is 2.74 bits per heavy atom. The highest BCUT2D eigenvalue weighted by Gasteiger charge is 2.24. The first-order valence-corrected chi connectivity index (χ1v) is 6.98. The van der Waals surface area contributed by atoms with Gasteiger partial charge in [0.1, 0.15) is 6.04 Å². The molecule has 19 heavy (non-hydrogen) atoms. The number of carboxylic acids is 1. The Bertz CT molecular complexity index is 447. The molecule has 1 rings (SSSR count). The Balaban J connectivity index is 2.40. The Morgan fingerprint density at radius 2 is 2.26 bits per heavy atom. The minimum absolute atomic E-state index is 0.373. The van der Waals surface area contributed by atoms with Gasteiger partial charge in [-0.15, -0.1) is 11.3 Å². The topological polar surface area (TPSA) is 82.5 Å². The van der Waals surface area contributed by atoms with Crippen molar-refractivity contribution < 1.29 is 14.7 Å². The van der Waals surface area contributed by atoms with Crippen molar-refractivity contribution in [1.82, 2.24) is 15.2 Å². The summed E-state index contributed by atoms with van der Waals surface area (Å²) in [5.41, 5.74) is 0.973. The molecule has 106 valence electrons. The maximum atomic E-state index is 11.8. The largest absolute Gasteiger partial charge is 0.480 e. The van der Waals surface area contributed by atoms with E-state index in [-0.39, 0.29) is 6.03 Å². The summed E-state index contributed by atoms with van der Waals surface area (Å²) in [5.74, 6) is -0.990. The van der Waals surface area contributed by atoms with Crippen LogP contribution in [0.2, 0.25) is 0 Å². The van der Waals surface area contributed by atoms with E-state index in [0.29, 0.717) is 19.4 Å². The molecule has 0 aliphatic rings. The van der Waals surface area contributed by atoms with Gasteiger partial charge in [0, 0.05) is 31.1 Å². The molecule has 0 saturated heterocycles. The maximum Gasteiger partial charge on any atom is 0.326 e. The van der Waals surface area contributed by atoms with Gasteiger partial charge >= 0.3 is 12.0 Å². The van der Waals surface area contributed by atoms with Crippen molar-refractivity contribution in [3.63, 3.8) is 0 Å². The fourth-order valence-corrected chi connectivity index (χ4v) is 2.45. The van der Waals surface area contributed by atoms with Gasteiger partial charge in [-0.2, -0.15) is 0 Å². The zero-order chi connectivity index (χ0) is 14.4. The van der Waals surface area contributed by atoms with Crippen LogP contribution in [0.1, 0.15) is 24.0 Å². The van der Waals surface area contributed by atoms with Crippen molar-refractivity contribution >= 4 is 23.3 Å². The molecule has 0 spiro atoms. The Labute approximate surface area is 116 Å². The van der Waals surface area contributed by atoms with Gasteiger partial charge in [0.05, 0.1) is 5.01 Å². The molecule has 0 fully saturated rings. The van der Waals surface area contributed by atoms with Crippen molar-refractivity contribution in [2.24, 2.45) is 0 Å². The number of aromatic nitrogens is 1. The van der Waals surface area contributed by atoms with Crippen molar-refractivity contribution in [2.45, 2.75) is 32.7 Å². The number of carbonyl (C=O) groups is 2. The van der Waals surface area contributed by atoms with Crippen LogP contribution < -0.4 is 5.32 Å². The molecule has 0 aromatic carbocycles. The molecule has 2 amide bonds. The minimum Gasteiger partial charge on any atom is -0.480 e. The number of aliphatic carboxylic acids is 1. The van der Waals surface area contributed by atoms with Crippen molar-refractivity contribution in [3.05, 3.63) is 16.1 Å². The van der Waals surface area contributed by atoms with E-state index in [4.69, 9.17) is 5.11 Å². The summed E-state index contributed by atoms with van der Waals surface area (Å²) in [6.07, 6.45) is 1.03. The van der Waals surface area contributed by atoms with Crippen LogP contribution >= 0.6 is 11.3 Å². The summed E-state index contributed by atoms with van der Waals surface area (Å²) >= 11 is 1.56. The zero-order valence-corrected chi connectivity index (χ0v) is 12.2. The van der Waals surface area contributed by atoms with Gasteiger partial charge in [0.2, 0.25) is 0 Å². The number of hydrogen-bond donors (Lipinski definition) is 2. The fraction of sp³-hybridized carbons (Fsp3) is 0.583. The summed E-state index contributed by atoms with van der Waals surface area (Å²) in [4.78, 5) is 28.2. The third-order valence-electron chi connectivity index (χ3n) is 2.74. The van der Waals surface area contributed by atoms with Gasteiger partial charge in [-0.3, -0.25) is 0 Å². The molecule has 0 aliphatic heterocycles. The first-order valence-electron chi connectivity index (χ1n) is 6.10. The standard InChI is InChI=1S/C12H19N3O3S/c1-4-9(11(16)17)15(3)12(18)13-6-5-10-14-8(2)7-19-10/h7,9H,4-6H2,1-3H3,(H,13,18)(H,16,17). The number of rotatable bonds is 6. The van der Waals surface area contributed by atoms with Crippen LogP contribution in [0.4, 0.5) is 4.79 Å². The smallest absolute Gasteiger partial charge is 0.326 e. The molecule has 1 heterocycles. The number of carboxylic acid groups (broad SMARTS) is 1. The number of urea groups is 1. The highest BCUT2D eigenvalue weighted by atomic mass is 32.1. The normalized spacial score (nSPS) is 11.9. The summed E-state index contributed by atoms with van der Waals surface area (Å²) < 4.78 is 0. The molecule has 0 aliphatic carbocycles. The molecular formula is C12H19N3O3S. The number of likely N-dealkylation sites (N-methyl/N-ethyl adjacent to an activating group) is 1. The average Bonchev–Trinajstić information content (AvgIpc) is 2.75. The highest BCUT2D eigenvalue weighted by Crippen LogP contribution is 2.08. The molecule has 7 heteroatoms. The van der Waals surface area contributed by atoms with Gasteiger partial charge in [-0.05, 0) is 13.3 Å². The summed E-state index contributed by atoms with van der Waals surface area (Å²) in [5, 5.41) is 14.6. The SMILES string of the molecule is CCC(C(=O)O)N(C)C(=O)NCCc1nc(C)cs1. The summed E-state index contributed by atoms with van der Waals surface area (Å²) in [7, 11) is 1.49. The lowest BCUT2D eigenvalue weighted by Gasteiger charge is -2.23. The molecule has 0 saturated carbocycles. The van der Waals surface area contributed by atoms with Crippen LogP contribution in [-0.2, 0) is 11.2 Å². The van der Waals surface area contributed by atoms with Gasteiger partial charge in [-0.25, -0.2) is 14.6 Å². The molecule has 0 bridgehead atoms. The Kier molecular flexibility index (Phi) is 5.75. The number of amides is 2. The van der Waals surface area contributed by atoms with E-state index in [1.165, 1.54) is 11.9 Å². The minimum atomic E-state index is -0.990. The summed E-state index contributed by atoms with van der Waals surface area (Å²) in [6.45, 7) is 4.11. The fourth-order valence-electron chi connectivity index (χ4n) is 1.67. The van der Waals surface area contributed by atoms with Gasteiger partial charge in [0.25, 0.3) is 0 Å². The second kappa shape index (κ2) is 7.08. The molecule has 6 nitrogen and oxygen atoms in total. The molecule has 0 radical (unpaired) electrons. The molecule has 1 aromatic heterocycles. The van der Waals surface area contributed by atoms with Crippen LogP contribution in [-0.4, -0.2) is 46.6 Å². The van der Waals surface area contributed by atoms with Gasteiger partial charge in [-0.1, -0.05) is 6.92 Å². The second-order valence-electron chi connectivity index (χ2n) is 4.24. The predicted octanol–water partition coefficient (Wildman–Crippen LogP) is 1.50. The van der Waals surface area contributed by atoms with Crippen LogP contribution in [0.15, 0.2) is 5.38 Å². The second-order valence-corrected chi connectivity index (χ2v) is 5.18. The van der Waals surface area contributed by atoms with E-state index in [1.807, 2.05) is 12.3 Å². The van der Waals surface area contributed by atoms with E-state index in [2.05, 4.69) is 10.3 Å². The summed E-state index contributed by atoms with van der Waals surface area (Å²) in [6, 6.07) is -1.16.